The Morgan fingerprint density at radius 3 is 2.47 bits per heavy atom. The van der Waals surface area contributed by atoms with Crippen LogP contribution in [-0.2, 0) is 9.53 Å². The van der Waals surface area contributed by atoms with Crippen LogP contribution < -0.4 is 5.32 Å². The average molecular weight is 443 g/mol. The molecule has 0 aromatic carbocycles. The van der Waals surface area contributed by atoms with Crippen LogP contribution >= 0.6 is 0 Å². The fraction of sp³-hybridized carbons (Fsp3) is 0.679. The second kappa shape index (κ2) is 14.4. The third-order valence-electron chi connectivity index (χ3n) is 7.13. The van der Waals surface area contributed by atoms with Gasteiger partial charge in [0, 0.05) is 19.5 Å². The normalized spacial score (nSPS) is 19.5. The third-order valence-corrected chi connectivity index (χ3v) is 7.13. The molecule has 0 fully saturated rings. The van der Waals surface area contributed by atoms with Gasteiger partial charge in [-0.25, -0.2) is 0 Å². The van der Waals surface area contributed by atoms with Crippen molar-refractivity contribution < 1.29 is 9.53 Å². The van der Waals surface area contributed by atoms with Gasteiger partial charge in [-0.05, 0) is 50.3 Å². The second-order valence-electron chi connectivity index (χ2n) is 9.19. The van der Waals surface area contributed by atoms with Gasteiger partial charge >= 0.3 is 0 Å². The molecule has 0 radical (unpaired) electrons. The molecule has 32 heavy (non-hydrogen) atoms. The molecule has 4 nitrogen and oxygen atoms in total. The number of rotatable bonds is 14. The van der Waals surface area contributed by atoms with Crippen LogP contribution in [0.1, 0.15) is 73.1 Å². The summed E-state index contributed by atoms with van der Waals surface area (Å²) in [6.45, 7) is 15.8. The first-order chi connectivity index (χ1) is 15.5. The molecule has 0 aliphatic heterocycles. The Morgan fingerprint density at radius 1 is 1.12 bits per heavy atom. The monoisotopic (exact) mass is 442 g/mol. The maximum absolute atomic E-state index is 13.3. The molecular formula is C28H46N2O2. The summed E-state index contributed by atoms with van der Waals surface area (Å²) >= 11 is 0. The predicted molar refractivity (Wildman–Crippen MR) is 135 cm³/mol. The molecule has 1 amide bonds. The van der Waals surface area contributed by atoms with Gasteiger partial charge in [0.1, 0.15) is 0 Å². The summed E-state index contributed by atoms with van der Waals surface area (Å²) in [5.41, 5.74) is 2.58. The molecule has 1 unspecified atom stereocenters. The van der Waals surface area contributed by atoms with E-state index < -0.39 is 0 Å². The Morgan fingerprint density at radius 2 is 1.88 bits per heavy atom. The Balaban J connectivity index is 1.87. The number of hydrogen-bond acceptors (Lipinski definition) is 3. The summed E-state index contributed by atoms with van der Waals surface area (Å²) in [4.78, 5) is 15.7. The smallest absolute Gasteiger partial charge is 0.227 e. The molecule has 0 aromatic heterocycles. The standard InChI is InChI=1S/C28H46N2O2/c1-6-24(7-2)27(26-14-11-10-13-22(26)5)28(31)29-21-23-15-17-25(18-16-23)32-20-12-19-30(8-3)9-4/h10-11,14-15,17,22,24,27H,6-9,12-13,16,18-21H2,1-5H3,(H,29,31)/t22?,27-/m1/s1. The van der Waals surface area contributed by atoms with E-state index in [4.69, 9.17) is 4.74 Å². The molecule has 0 aromatic rings. The van der Waals surface area contributed by atoms with Crippen LogP contribution in [0.25, 0.3) is 0 Å². The zero-order valence-electron chi connectivity index (χ0n) is 21.2. The number of allylic oxidation sites excluding steroid dienone is 6. The first-order valence-electron chi connectivity index (χ1n) is 12.9. The molecule has 2 rings (SSSR count). The lowest BCUT2D eigenvalue weighted by molar-refractivity contribution is -0.125. The van der Waals surface area contributed by atoms with Crippen LogP contribution in [0, 0.1) is 17.8 Å². The number of nitrogens with one attached hydrogen (secondary N) is 1. The highest BCUT2D eigenvalue weighted by Gasteiger charge is 2.32. The average Bonchev–Trinajstić information content (AvgIpc) is 2.82. The zero-order valence-corrected chi connectivity index (χ0v) is 21.2. The van der Waals surface area contributed by atoms with Gasteiger partial charge in [-0.1, -0.05) is 82.9 Å². The van der Waals surface area contributed by atoms with Gasteiger partial charge in [-0.3, -0.25) is 4.79 Å². The summed E-state index contributed by atoms with van der Waals surface area (Å²) < 4.78 is 5.97. The Labute approximate surface area is 196 Å². The van der Waals surface area contributed by atoms with Gasteiger partial charge in [0.15, 0.2) is 0 Å². The Hall–Kier alpha value is -1.81. The number of carbonyl (C=O) groups excluding carboxylic acids is 1. The fourth-order valence-electron chi connectivity index (χ4n) is 4.84. The van der Waals surface area contributed by atoms with Crippen molar-refractivity contribution in [1.82, 2.24) is 10.2 Å². The lowest BCUT2D eigenvalue weighted by Gasteiger charge is -2.31. The first-order valence-corrected chi connectivity index (χ1v) is 12.9. The fourth-order valence-corrected chi connectivity index (χ4v) is 4.84. The van der Waals surface area contributed by atoms with Gasteiger partial charge in [-0.15, -0.1) is 0 Å². The Kier molecular flexibility index (Phi) is 11.9. The SMILES string of the molecule is CCC(CC)[C@@H](C(=O)NCC1=CC=C(OCCCN(CC)CC)CC1)C1=CC=CCC1C. The highest BCUT2D eigenvalue weighted by Crippen LogP contribution is 2.34. The molecule has 2 aliphatic rings. The minimum atomic E-state index is -0.0191. The van der Waals surface area contributed by atoms with E-state index in [1.807, 2.05) is 0 Å². The molecule has 2 aliphatic carbocycles. The lowest BCUT2D eigenvalue weighted by atomic mass is 9.75. The number of amides is 1. The summed E-state index contributed by atoms with van der Waals surface area (Å²) in [5, 5.41) is 3.26. The Bertz CT molecular complexity index is 696. The molecule has 2 atom stereocenters. The van der Waals surface area contributed by atoms with Crippen molar-refractivity contribution >= 4 is 5.91 Å². The molecule has 4 heteroatoms. The maximum atomic E-state index is 13.3. The second-order valence-corrected chi connectivity index (χ2v) is 9.19. The van der Waals surface area contributed by atoms with Gasteiger partial charge in [0.05, 0.1) is 18.3 Å². The maximum Gasteiger partial charge on any atom is 0.227 e. The molecule has 180 valence electrons. The van der Waals surface area contributed by atoms with Crippen LogP contribution in [0.2, 0.25) is 0 Å². The van der Waals surface area contributed by atoms with Crippen molar-refractivity contribution in [2.45, 2.75) is 73.1 Å². The van der Waals surface area contributed by atoms with Crippen LogP contribution in [0.4, 0.5) is 0 Å². The van der Waals surface area contributed by atoms with Crippen LogP contribution in [0.5, 0.6) is 0 Å². The summed E-state index contributed by atoms with van der Waals surface area (Å²) in [6, 6.07) is 0. The van der Waals surface area contributed by atoms with Gasteiger partial charge in [0.25, 0.3) is 0 Å². The van der Waals surface area contributed by atoms with Crippen molar-refractivity contribution in [3.63, 3.8) is 0 Å². The molecular weight excluding hydrogens is 396 g/mol. The number of ether oxygens (including phenoxy) is 1. The number of hydrogen-bond donors (Lipinski definition) is 1. The minimum absolute atomic E-state index is 0.0191. The highest BCUT2D eigenvalue weighted by atomic mass is 16.5. The predicted octanol–water partition coefficient (Wildman–Crippen LogP) is 6.03. The highest BCUT2D eigenvalue weighted by molar-refractivity contribution is 5.82. The van der Waals surface area contributed by atoms with Crippen molar-refractivity contribution in [2.24, 2.45) is 17.8 Å². The van der Waals surface area contributed by atoms with E-state index in [0.29, 0.717) is 18.4 Å². The van der Waals surface area contributed by atoms with E-state index in [9.17, 15) is 4.79 Å². The van der Waals surface area contributed by atoms with Crippen LogP contribution in [-0.4, -0.2) is 43.6 Å². The van der Waals surface area contributed by atoms with E-state index >= 15 is 0 Å². The first kappa shape index (κ1) is 26.4. The minimum Gasteiger partial charge on any atom is -0.498 e. The topological polar surface area (TPSA) is 41.6 Å². The van der Waals surface area contributed by atoms with Crippen molar-refractivity contribution in [2.75, 3.05) is 32.8 Å². The van der Waals surface area contributed by atoms with E-state index in [0.717, 1.165) is 70.5 Å². The molecule has 0 bridgehead atoms. The number of nitrogens with zero attached hydrogens (tertiary/aromatic N) is 1. The van der Waals surface area contributed by atoms with Gasteiger partial charge in [-0.2, -0.15) is 0 Å². The van der Waals surface area contributed by atoms with Gasteiger partial charge < -0.3 is 15.0 Å². The van der Waals surface area contributed by atoms with E-state index in [2.05, 4.69) is 75.2 Å². The van der Waals surface area contributed by atoms with Crippen molar-refractivity contribution in [3.8, 4) is 0 Å². The van der Waals surface area contributed by atoms with Crippen LogP contribution in [0.15, 0.2) is 47.3 Å². The van der Waals surface area contributed by atoms with Crippen molar-refractivity contribution in [3.05, 3.63) is 47.3 Å². The van der Waals surface area contributed by atoms with Crippen molar-refractivity contribution in [1.29, 1.82) is 0 Å². The quantitative estimate of drug-likeness (QED) is 0.334. The molecule has 1 N–H and O–H groups in total. The molecule has 0 spiro atoms. The summed E-state index contributed by atoms with van der Waals surface area (Å²) in [6.07, 6.45) is 16.8. The lowest BCUT2D eigenvalue weighted by Crippen LogP contribution is -2.38. The summed E-state index contributed by atoms with van der Waals surface area (Å²) in [5.74, 6) is 2.08. The molecule has 0 heterocycles. The third kappa shape index (κ3) is 7.95. The van der Waals surface area contributed by atoms with E-state index in [1.165, 1.54) is 11.1 Å². The zero-order chi connectivity index (χ0) is 23.3. The largest absolute Gasteiger partial charge is 0.498 e. The van der Waals surface area contributed by atoms with Gasteiger partial charge in [0.2, 0.25) is 5.91 Å². The summed E-state index contributed by atoms with van der Waals surface area (Å²) in [7, 11) is 0. The van der Waals surface area contributed by atoms with E-state index in [-0.39, 0.29) is 11.8 Å². The van der Waals surface area contributed by atoms with Crippen LogP contribution in [0.3, 0.4) is 0 Å². The molecule has 0 saturated heterocycles. The van der Waals surface area contributed by atoms with E-state index in [1.54, 1.807) is 0 Å². The number of carbonyl (C=O) groups is 1. The molecule has 0 saturated carbocycles.